The molecule has 0 N–H and O–H groups in total. The molecule has 0 spiro atoms. The second-order valence-corrected chi connectivity index (χ2v) is 4.25. The van der Waals surface area contributed by atoms with Crippen molar-refractivity contribution in [2.45, 2.75) is 34.6 Å². The van der Waals surface area contributed by atoms with Gasteiger partial charge in [0.1, 0.15) is 5.94 Å². The molecular weight excluding hydrogens is 152 g/mol. The molecule has 0 atom stereocenters. The number of hydrogen-bond acceptors (Lipinski definition) is 2. The second kappa shape index (κ2) is 3.68. The van der Waals surface area contributed by atoms with Gasteiger partial charge in [0.2, 0.25) is 0 Å². The zero-order valence-corrected chi connectivity index (χ0v) is 8.39. The molecule has 0 radical (unpaired) electrons. The molecule has 0 rings (SSSR count). The van der Waals surface area contributed by atoms with Crippen LogP contribution < -0.4 is 0 Å². The molecular formula is C10H16O2. The van der Waals surface area contributed by atoms with Crippen LogP contribution in [-0.4, -0.2) is 11.7 Å². The summed E-state index contributed by atoms with van der Waals surface area (Å²) in [4.78, 5) is 22.0. The number of carbonyl (C=O) groups is 1. The van der Waals surface area contributed by atoms with Gasteiger partial charge < -0.3 is 0 Å². The van der Waals surface area contributed by atoms with Crippen molar-refractivity contribution >= 4 is 11.7 Å². The molecule has 0 aliphatic carbocycles. The molecule has 0 saturated carbocycles. The van der Waals surface area contributed by atoms with E-state index in [0.717, 1.165) is 0 Å². The lowest BCUT2D eigenvalue weighted by atomic mass is 9.83. The summed E-state index contributed by atoms with van der Waals surface area (Å²) in [6, 6.07) is 0. The smallest absolute Gasteiger partial charge is 0.175 e. The number of ketones is 1. The predicted molar refractivity (Wildman–Crippen MR) is 48.5 cm³/mol. The third kappa shape index (κ3) is 2.63. The lowest BCUT2D eigenvalue weighted by Gasteiger charge is -2.18. The minimum atomic E-state index is -0.475. The van der Waals surface area contributed by atoms with E-state index < -0.39 is 5.41 Å². The van der Waals surface area contributed by atoms with Crippen molar-refractivity contribution in [2.75, 3.05) is 0 Å². The average Bonchev–Trinajstić information content (AvgIpc) is 1.86. The molecule has 0 aromatic rings. The van der Waals surface area contributed by atoms with Crippen molar-refractivity contribution in [1.29, 1.82) is 0 Å². The summed E-state index contributed by atoms with van der Waals surface area (Å²) in [7, 11) is 0. The number of Topliss-reactive ketones (excluding diaryl/α,β-unsaturated/α-hetero) is 1. The lowest BCUT2D eigenvalue weighted by Crippen LogP contribution is -2.24. The number of allylic oxidation sites excluding steroid dienone is 1. The van der Waals surface area contributed by atoms with Gasteiger partial charge in [0.15, 0.2) is 5.78 Å². The average molecular weight is 168 g/mol. The Balaban J connectivity index is 4.82. The molecule has 0 unspecified atom stereocenters. The van der Waals surface area contributed by atoms with Crippen LogP contribution in [0.25, 0.3) is 0 Å². The maximum absolute atomic E-state index is 11.5. The molecule has 0 fully saturated rings. The van der Waals surface area contributed by atoms with E-state index in [2.05, 4.69) is 0 Å². The molecule has 0 aliphatic heterocycles. The van der Waals surface area contributed by atoms with E-state index in [4.69, 9.17) is 0 Å². The first-order chi connectivity index (χ1) is 5.30. The third-order valence-electron chi connectivity index (χ3n) is 1.61. The predicted octanol–water partition coefficient (Wildman–Crippen LogP) is 2.02. The Morgan fingerprint density at radius 3 is 1.75 bits per heavy atom. The van der Waals surface area contributed by atoms with Crippen molar-refractivity contribution < 1.29 is 9.59 Å². The Morgan fingerprint density at radius 2 is 1.67 bits per heavy atom. The number of carbonyl (C=O) groups excluding carboxylic acids is 2. The highest BCUT2D eigenvalue weighted by molar-refractivity contribution is 6.05. The van der Waals surface area contributed by atoms with Gasteiger partial charge in [-0.25, -0.2) is 4.79 Å². The van der Waals surface area contributed by atoms with Crippen LogP contribution in [0, 0.1) is 11.3 Å². The molecule has 0 aliphatic rings. The summed E-state index contributed by atoms with van der Waals surface area (Å²) in [6.45, 7) is 9.05. The Kier molecular flexibility index (Phi) is 3.41. The summed E-state index contributed by atoms with van der Waals surface area (Å²) in [6.07, 6.45) is 0. The molecule has 2 heteroatoms. The molecule has 0 amide bonds. The summed E-state index contributed by atoms with van der Waals surface area (Å²) >= 11 is 0. The van der Waals surface area contributed by atoms with Gasteiger partial charge in [-0.3, -0.25) is 4.79 Å². The van der Waals surface area contributed by atoms with E-state index >= 15 is 0 Å². The van der Waals surface area contributed by atoms with Crippen molar-refractivity contribution in [2.24, 2.45) is 11.3 Å². The van der Waals surface area contributed by atoms with E-state index in [-0.39, 0.29) is 17.3 Å². The van der Waals surface area contributed by atoms with Gasteiger partial charge in [-0.05, 0) is 5.92 Å². The molecule has 68 valence electrons. The highest BCUT2D eigenvalue weighted by atomic mass is 16.1. The van der Waals surface area contributed by atoms with Gasteiger partial charge >= 0.3 is 0 Å². The third-order valence-corrected chi connectivity index (χ3v) is 1.61. The van der Waals surface area contributed by atoms with Crippen LogP contribution in [0.15, 0.2) is 5.57 Å². The van der Waals surface area contributed by atoms with Gasteiger partial charge in [-0.15, -0.1) is 0 Å². The van der Waals surface area contributed by atoms with E-state index in [0.29, 0.717) is 0 Å². The molecule has 0 aromatic heterocycles. The maximum Gasteiger partial charge on any atom is 0.175 e. The fourth-order valence-corrected chi connectivity index (χ4v) is 0.830. The molecule has 2 nitrogen and oxygen atoms in total. The molecule has 12 heavy (non-hydrogen) atoms. The normalized spacial score (nSPS) is 11.2. The van der Waals surface area contributed by atoms with Crippen LogP contribution >= 0.6 is 0 Å². The Morgan fingerprint density at radius 1 is 1.25 bits per heavy atom. The van der Waals surface area contributed by atoms with Crippen molar-refractivity contribution in [3.05, 3.63) is 5.57 Å². The van der Waals surface area contributed by atoms with Crippen LogP contribution in [-0.2, 0) is 9.59 Å². The summed E-state index contributed by atoms with van der Waals surface area (Å²) in [5, 5.41) is 0. The molecule has 0 aromatic carbocycles. The largest absolute Gasteiger partial charge is 0.293 e. The van der Waals surface area contributed by atoms with E-state index in [9.17, 15) is 9.59 Å². The molecule has 0 saturated heterocycles. The van der Waals surface area contributed by atoms with Gasteiger partial charge in [0.25, 0.3) is 0 Å². The first kappa shape index (κ1) is 11.1. The van der Waals surface area contributed by atoms with E-state index in [1.165, 1.54) is 0 Å². The number of hydrogen-bond donors (Lipinski definition) is 0. The minimum absolute atomic E-state index is 0.0331. The van der Waals surface area contributed by atoms with Crippen LogP contribution in [0.1, 0.15) is 34.6 Å². The fourth-order valence-electron chi connectivity index (χ4n) is 0.830. The van der Waals surface area contributed by atoms with Crippen LogP contribution in [0.2, 0.25) is 0 Å². The highest BCUT2D eigenvalue weighted by Gasteiger charge is 2.27. The standard InChI is InChI=1S/C10H16O2/c1-7(2)8(6-11)9(12)10(3,4)5/h7H,1-5H3. The summed E-state index contributed by atoms with van der Waals surface area (Å²) < 4.78 is 0. The quantitative estimate of drug-likeness (QED) is 0.467. The van der Waals surface area contributed by atoms with Gasteiger partial charge in [-0.1, -0.05) is 34.6 Å². The minimum Gasteiger partial charge on any atom is -0.293 e. The van der Waals surface area contributed by atoms with Crippen molar-refractivity contribution in [3.8, 4) is 0 Å². The van der Waals surface area contributed by atoms with Crippen molar-refractivity contribution in [1.82, 2.24) is 0 Å². The SMILES string of the molecule is CC(C)C(=C=O)C(=O)C(C)(C)C. The Bertz CT molecular complexity index is 225. The fraction of sp³-hybridized carbons (Fsp3) is 0.700. The molecule has 0 heterocycles. The summed E-state index contributed by atoms with van der Waals surface area (Å²) in [5.74, 6) is 1.59. The maximum atomic E-state index is 11.5. The zero-order chi connectivity index (χ0) is 9.94. The highest BCUT2D eigenvalue weighted by Crippen LogP contribution is 2.22. The van der Waals surface area contributed by atoms with Crippen LogP contribution in [0.4, 0.5) is 0 Å². The van der Waals surface area contributed by atoms with Crippen molar-refractivity contribution in [3.63, 3.8) is 0 Å². The topological polar surface area (TPSA) is 34.1 Å². The van der Waals surface area contributed by atoms with Crippen LogP contribution in [0.5, 0.6) is 0 Å². The van der Waals surface area contributed by atoms with Gasteiger partial charge in [0.05, 0.1) is 5.57 Å². The first-order valence-corrected chi connectivity index (χ1v) is 4.10. The second-order valence-electron chi connectivity index (χ2n) is 4.25. The Hall–Kier alpha value is -0.880. The number of rotatable bonds is 2. The lowest BCUT2D eigenvalue weighted by molar-refractivity contribution is -0.122. The Labute approximate surface area is 73.7 Å². The van der Waals surface area contributed by atoms with Gasteiger partial charge in [0, 0.05) is 5.41 Å². The first-order valence-electron chi connectivity index (χ1n) is 4.10. The molecule has 0 bridgehead atoms. The van der Waals surface area contributed by atoms with Gasteiger partial charge in [-0.2, -0.15) is 0 Å². The monoisotopic (exact) mass is 168 g/mol. The van der Waals surface area contributed by atoms with Crippen LogP contribution in [0.3, 0.4) is 0 Å². The van der Waals surface area contributed by atoms with E-state index in [1.807, 2.05) is 13.8 Å². The zero-order valence-electron chi connectivity index (χ0n) is 8.39. The van der Waals surface area contributed by atoms with E-state index in [1.54, 1.807) is 26.7 Å². The summed E-state index contributed by atoms with van der Waals surface area (Å²) in [5.41, 5.74) is -0.209.